The van der Waals surface area contributed by atoms with E-state index < -0.39 is 5.38 Å². The minimum atomic E-state index is -0.570. The van der Waals surface area contributed by atoms with Gasteiger partial charge in [0.1, 0.15) is 11.2 Å². The highest BCUT2D eigenvalue weighted by molar-refractivity contribution is 6.30. The van der Waals surface area contributed by atoms with E-state index >= 15 is 0 Å². The summed E-state index contributed by atoms with van der Waals surface area (Å²) in [4.78, 5) is 19.4. The number of aryl methyl sites for hydroxylation is 1. The number of piperazine rings is 1. The summed E-state index contributed by atoms with van der Waals surface area (Å²) >= 11 is 6.19. The van der Waals surface area contributed by atoms with Crippen LogP contribution in [0.2, 0.25) is 0 Å². The highest BCUT2D eigenvalue weighted by Crippen LogP contribution is 2.30. The van der Waals surface area contributed by atoms with Gasteiger partial charge in [-0.05, 0) is 39.4 Å². The van der Waals surface area contributed by atoms with Crippen LogP contribution in [0.15, 0.2) is 30.3 Å². The van der Waals surface area contributed by atoms with Gasteiger partial charge < -0.3 is 19.4 Å². The Morgan fingerprint density at radius 2 is 1.90 bits per heavy atom. The molecule has 1 aromatic carbocycles. The van der Waals surface area contributed by atoms with E-state index in [1.165, 1.54) is 0 Å². The van der Waals surface area contributed by atoms with Gasteiger partial charge in [-0.2, -0.15) is 5.10 Å². The molecule has 0 N–H and O–H groups in total. The van der Waals surface area contributed by atoms with Crippen LogP contribution in [0.5, 0.6) is 0 Å². The molecular weight excluding hydrogens is 414 g/mol. The predicted octanol–water partition coefficient (Wildman–Crippen LogP) is 2.92. The molecule has 0 aliphatic carbocycles. The zero-order chi connectivity index (χ0) is 22.4. The lowest BCUT2D eigenvalue weighted by Gasteiger charge is -2.35. The lowest BCUT2D eigenvalue weighted by atomic mass is 10.1. The Labute approximate surface area is 190 Å². The second-order valence-corrected chi connectivity index (χ2v) is 8.80. The molecule has 1 atom stereocenters. The van der Waals surface area contributed by atoms with Crippen molar-refractivity contribution in [3.63, 3.8) is 0 Å². The maximum Gasteiger partial charge on any atom is 0.240 e. The number of aromatic nitrogens is 2. The Bertz CT molecular complexity index is 847. The molecule has 1 aliphatic heterocycles. The molecule has 0 radical (unpaired) electrons. The van der Waals surface area contributed by atoms with Crippen molar-refractivity contribution < 1.29 is 9.53 Å². The van der Waals surface area contributed by atoms with E-state index in [2.05, 4.69) is 29.0 Å². The van der Waals surface area contributed by atoms with Crippen molar-refractivity contribution in [3.8, 4) is 5.69 Å². The number of rotatable bonds is 9. The number of likely N-dealkylation sites (N-methyl/N-ethyl adjacent to an activating group) is 1. The van der Waals surface area contributed by atoms with Gasteiger partial charge in [0.2, 0.25) is 5.91 Å². The van der Waals surface area contributed by atoms with E-state index in [0.29, 0.717) is 19.7 Å². The van der Waals surface area contributed by atoms with E-state index in [0.717, 1.165) is 55.4 Å². The Morgan fingerprint density at radius 3 is 2.52 bits per heavy atom. The fourth-order valence-corrected chi connectivity index (χ4v) is 4.07. The van der Waals surface area contributed by atoms with Crippen LogP contribution < -0.4 is 4.90 Å². The number of para-hydroxylation sites is 1. The van der Waals surface area contributed by atoms with Crippen LogP contribution in [0.1, 0.15) is 24.6 Å². The molecule has 31 heavy (non-hydrogen) atoms. The van der Waals surface area contributed by atoms with Crippen LogP contribution in [-0.4, -0.2) is 84.4 Å². The molecule has 0 bridgehead atoms. The predicted molar refractivity (Wildman–Crippen MR) is 125 cm³/mol. The first-order chi connectivity index (χ1) is 14.9. The van der Waals surface area contributed by atoms with Crippen molar-refractivity contribution in [2.24, 2.45) is 0 Å². The molecule has 1 unspecified atom stereocenters. The Kier molecular flexibility index (Phi) is 8.35. The fraction of sp³-hybridized carbons (Fsp3) is 0.565. The van der Waals surface area contributed by atoms with E-state index in [-0.39, 0.29) is 5.91 Å². The third-order valence-electron chi connectivity index (χ3n) is 5.74. The zero-order valence-corrected chi connectivity index (χ0v) is 19.8. The van der Waals surface area contributed by atoms with Crippen molar-refractivity contribution in [2.45, 2.75) is 32.2 Å². The number of hydrogen-bond donors (Lipinski definition) is 0. The smallest absolute Gasteiger partial charge is 0.240 e. The summed E-state index contributed by atoms with van der Waals surface area (Å²) in [5.41, 5.74) is 3.04. The molecule has 1 aliphatic rings. The SMILES string of the molecule is COCCCN(Cc1c(C)nn(-c2ccccc2)c1N1CCN(C)CC1)C(=O)C(C)Cl. The molecule has 2 aromatic rings. The van der Waals surface area contributed by atoms with Gasteiger partial charge in [-0.25, -0.2) is 4.68 Å². The van der Waals surface area contributed by atoms with Crippen LogP contribution in [0.4, 0.5) is 5.82 Å². The molecule has 8 heteroatoms. The maximum atomic E-state index is 12.9. The van der Waals surface area contributed by atoms with Crippen LogP contribution in [0, 0.1) is 6.92 Å². The second-order valence-electron chi connectivity index (χ2n) is 8.15. The van der Waals surface area contributed by atoms with Crippen molar-refractivity contribution in [3.05, 3.63) is 41.6 Å². The largest absolute Gasteiger partial charge is 0.385 e. The third kappa shape index (κ3) is 5.79. The number of ether oxygens (including phenoxy) is 1. The summed E-state index contributed by atoms with van der Waals surface area (Å²) in [6.07, 6.45) is 0.765. The Balaban J connectivity index is 1.99. The van der Waals surface area contributed by atoms with Gasteiger partial charge in [0.15, 0.2) is 0 Å². The summed E-state index contributed by atoms with van der Waals surface area (Å²) in [6, 6.07) is 10.2. The molecule has 1 aromatic heterocycles. The van der Waals surface area contributed by atoms with Crippen LogP contribution in [0.3, 0.4) is 0 Å². The number of benzene rings is 1. The number of hydrogen-bond acceptors (Lipinski definition) is 5. The van der Waals surface area contributed by atoms with Gasteiger partial charge in [0, 0.05) is 52.0 Å². The monoisotopic (exact) mass is 447 g/mol. The number of anilines is 1. The second kappa shape index (κ2) is 11.0. The first-order valence-corrected chi connectivity index (χ1v) is 11.3. The van der Waals surface area contributed by atoms with Crippen molar-refractivity contribution in [2.75, 3.05) is 58.4 Å². The fourth-order valence-electron chi connectivity index (χ4n) is 3.93. The number of halogens is 1. The van der Waals surface area contributed by atoms with Crippen molar-refractivity contribution in [1.29, 1.82) is 0 Å². The van der Waals surface area contributed by atoms with Crippen molar-refractivity contribution >= 4 is 23.3 Å². The van der Waals surface area contributed by atoms with Gasteiger partial charge >= 0.3 is 0 Å². The highest BCUT2D eigenvalue weighted by atomic mass is 35.5. The molecule has 0 spiro atoms. The Morgan fingerprint density at radius 1 is 1.23 bits per heavy atom. The number of methoxy groups -OCH3 is 1. The molecule has 1 saturated heterocycles. The van der Waals surface area contributed by atoms with E-state index in [1.54, 1.807) is 14.0 Å². The normalized spacial score (nSPS) is 15.8. The van der Waals surface area contributed by atoms with Crippen LogP contribution in [0.25, 0.3) is 5.69 Å². The third-order valence-corrected chi connectivity index (χ3v) is 5.92. The topological polar surface area (TPSA) is 53.8 Å². The molecule has 2 heterocycles. The molecule has 7 nitrogen and oxygen atoms in total. The van der Waals surface area contributed by atoms with Gasteiger partial charge in [-0.1, -0.05) is 18.2 Å². The molecule has 3 rings (SSSR count). The molecule has 1 amide bonds. The minimum Gasteiger partial charge on any atom is -0.385 e. The summed E-state index contributed by atoms with van der Waals surface area (Å²) in [6.45, 7) is 9.28. The average Bonchev–Trinajstić information content (AvgIpc) is 3.09. The first-order valence-electron chi connectivity index (χ1n) is 10.9. The summed E-state index contributed by atoms with van der Waals surface area (Å²) in [5.74, 6) is 1.01. The minimum absolute atomic E-state index is 0.0611. The number of alkyl halides is 1. The van der Waals surface area contributed by atoms with Gasteiger partial charge in [0.25, 0.3) is 0 Å². The quantitative estimate of drug-likeness (QED) is 0.437. The lowest BCUT2D eigenvalue weighted by molar-refractivity contribution is -0.131. The Hall–Kier alpha value is -2.09. The first kappa shape index (κ1) is 23.6. The number of carbonyl (C=O) groups is 1. The van der Waals surface area contributed by atoms with Crippen LogP contribution in [-0.2, 0) is 16.1 Å². The maximum absolute atomic E-state index is 12.9. The molecule has 170 valence electrons. The summed E-state index contributed by atoms with van der Waals surface area (Å²) in [5, 5.41) is 4.32. The molecular formula is C23H34ClN5O2. The highest BCUT2D eigenvalue weighted by Gasteiger charge is 2.28. The van der Waals surface area contributed by atoms with Crippen LogP contribution >= 0.6 is 11.6 Å². The standard InChI is InChI=1S/C23H34ClN5O2/c1-18(24)23(30)28(11-8-16-31-4)17-21-19(2)25-29(20-9-6-5-7-10-20)22(21)27-14-12-26(3)13-15-27/h5-7,9-10,18H,8,11-17H2,1-4H3. The average molecular weight is 448 g/mol. The van der Waals surface area contributed by atoms with Gasteiger partial charge in [-0.3, -0.25) is 4.79 Å². The zero-order valence-electron chi connectivity index (χ0n) is 19.1. The van der Waals surface area contributed by atoms with E-state index in [4.69, 9.17) is 21.4 Å². The lowest BCUT2D eigenvalue weighted by Crippen LogP contribution is -2.46. The molecule has 1 fully saturated rings. The summed E-state index contributed by atoms with van der Waals surface area (Å²) in [7, 11) is 3.83. The van der Waals surface area contributed by atoms with Gasteiger partial charge in [-0.15, -0.1) is 11.6 Å². The van der Waals surface area contributed by atoms with Gasteiger partial charge in [0.05, 0.1) is 17.9 Å². The van der Waals surface area contributed by atoms with Crippen molar-refractivity contribution in [1.82, 2.24) is 19.6 Å². The number of nitrogens with zero attached hydrogens (tertiary/aromatic N) is 5. The molecule has 0 saturated carbocycles. The number of carbonyl (C=O) groups excluding carboxylic acids is 1. The number of amides is 1. The van der Waals surface area contributed by atoms with E-state index in [1.807, 2.05) is 34.7 Å². The summed E-state index contributed by atoms with van der Waals surface area (Å²) < 4.78 is 7.22. The van der Waals surface area contributed by atoms with E-state index in [9.17, 15) is 4.79 Å².